The topological polar surface area (TPSA) is 38.1 Å². The highest BCUT2D eigenvalue weighted by atomic mass is 127. The molecule has 0 aliphatic heterocycles. The van der Waals surface area contributed by atoms with E-state index in [0.29, 0.717) is 17.5 Å². The summed E-state index contributed by atoms with van der Waals surface area (Å²) in [6.07, 6.45) is 1.74. The van der Waals surface area contributed by atoms with Gasteiger partial charge in [0.25, 0.3) is 0 Å². The van der Waals surface area contributed by atoms with Crippen LogP contribution in [0.4, 0.5) is 5.69 Å². The molecule has 1 aromatic heterocycles. The van der Waals surface area contributed by atoms with E-state index in [1.807, 2.05) is 30.3 Å². The Balaban J connectivity index is 1.72. The molecule has 0 saturated carbocycles. The van der Waals surface area contributed by atoms with Gasteiger partial charge in [-0.05, 0) is 71.5 Å². The molecule has 3 rings (SSSR count). The first-order valence-corrected chi connectivity index (χ1v) is 8.29. The molecule has 3 aromatic rings. The average molecular weight is 425 g/mol. The zero-order valence-electron chi connectivity index (χ0n) is 11.9. The zero-order chi connectivity index (χ0) is 15.5. The van der Waals surface area contributed by atoms with Gasteiger partial charge >= 0.3 is 0 Å². The molecule has 3 nitrogen and oxygen atoms in total. The summed E-state index contributed by atoms with van der Waals surface area (Å²) in [6, 6.07) is 13.7. The summed E-state index contributed by atoms with van der Waals surface area (Å²) in [4.78, 5) is 4.32. The molecule has 0 radical (unpaired) electrons. The quantitative estimate of drug-likeness (QED) is 0.560. The lowest BCUT2D eigenvalue weighted by atomic mass is 10.2. The monoisotopic (exact) mass is 424 g/mol. The molecule has 0 unspecified atom stereocenters. The lowest BCUT2D eigenvalue weighted by Crippen LogP contribution is -2.01. The van der Waals surface area contributed by atoms with Crippen LogP contribution in [0.5, 0.6) is 0 Å². The summed E-state index contributed by atoms with van der Waals surface area (Å²) in [7, 11) is 0. The van der Waals surface area contributed by atoms with E-state index in [-0.39, 0.29) is 0 Å². The normalized spacial score (nSPS) is 10.7. The van der Waals surface area contributed by atoms with Crippen LogP contribution in [-0.2, 0) is 6.54 Å². The fourth-order valence-electron chi connectivity index (χ4n) is 2.11. The van der Waals surface area contributed by atoms with Crippen LogP contribution in [0.2, 0.25) is 5.02 Å². The smallest absolute Gasteiger partial charge is 0.214 e. The second-order valence-corrected chi connectivity index (χ2v) is 6.49. The molecule has 0 atom stereocenters. The van der Waals surface area contributed by atoms with Gasteiger partial charge < -0.3 is 9.73 Å². The summed E-state index contributed by atoms with van der Waals surface area (Å²) in [6.45, 7) is 2.65. The van der Waals surface area contributed by atoms with Crippen LogP contribution < -0.4 is 5.32 Å². The second kappa shape index (κ2) is 6.71. The van der Waals surface area contributed by atoms with Gasteiger partial charge in [-0.1, -0.05) is 17.7 Å². The maximum Gasteiger partial charge on any atom is 0.214 e. The number of hydrogen-bond donors (Lipinski definition) is 1. The predicted molar refractivity (Wildman–Crippen MR) is 98.2 cm³/mol. The van der Waals surface area contributed by atoms with Crippen molar-refractivity contribution in [2.45, 2.75) is 13.5 Å². The molecule has 0 bridgehead atoms. The molecule has 0 aliphatic carbocycles. The Bertz CT molecular complexity index is 784. The summed E-state index contributed by atoms with van der Waals surface area (Å²) < 4.78 is 7.02. The molecule has 112 valence electrons. The molecule has 0 saturated heterocycles. The van der Waals surface area contributed by atoms with Crippen LogP contribution >= 0.6 is 34.2 Å². The minimum absolute atomic E-state index is 0.550. The van der Waals surface area contributed by atoms with E-state index in [1.54, 1.807) is 6.20 Å². The molecule has 2 aromatic carbocycles. The van der Waals surface area contributed by atoms with Crippen molar-refractivity contribution in [3.63, 3.8) is 0 Å². The Morgan fingerprint density at radius 1 is 1.18 bits per heavy atom. The SMILES string of the molecule is Cc1c(I)cccc1NCc1ncc(-c2ccc(Cl)cc2)o1. The van der Waals surface area contributed by atoms with E-state index in [1.165, 1.54) is 9.13 Å². The van der Waals surface area contributed by atoms with Crippen molar-refractivity contribution in [1.82, 2.24) is 4.98 Å². The largest absolute Gasteiger partial charge is 0.439 e. The average Bonchev–Trinajstić information content (AvgIpc) is 2.98. The first kappa shape index (κ1) is 15.4. The van der Waals surface area contributed by atoms with Gasteiger partial charge in [0.2, 0.25) is 5.89 Å². The number of anilines is 1. The lowest BCUT2D eigenvalue weighted by Gasteiger charge is -2.08. The van der Waals surface area contributed by atoms with E-state index >= 15 is 0 Å². The van der Waals surface area contributed by atoms with Gasteiger partial charge in [0, 0.05) is 19.8 Å². The van der Waals surface area contributed by atoms with Crippen molar-refractivity contribution in [2.24, 2.45) is 0 Å². The lowest BCUT2D eigenvalue weighted by molar-refractivity contribution is 0.516. The van der Waals surface area contributed by atoms with Crippen LogP contribution in [0.3, 0.4) is 0 Å². The highest BCUT2D eigenvalue weighted by molar-refractivity contribution is 14.1. The third-order valence-corrected chi connectivity index (χ3v) is 4.80. The van der Waals surface area contributed by atoms with Crippen molar-refractivity contribution in [3.8, 4) is 11.3 Å². The molecule has 0 aliphatic rings. The number of nitrogens with one attached hydrogen (secondary N) is 1. The van der Waals surface area contributed by atoms with Crippen LogP contribution in [-0.4, -0.2) is 4.98 Å². The fourth-order valence-corrected chi connectivity index (χ4v) is 2.73. The third kappa shape index (κ3) is 3.44. The minimum Gasteiger partial charge on any atom is -0.439 e. The van der Waals surface area contributed by atoms with E-state index in [4.69, 9.17) is 16.0 Å². The van der Waals surface area contributed by atoms with Crippen LogP contribution in [0.1, 0.15) is 11.5 Å². The third-order valence-electron chi connectivity index (χ3n) is 3.38. The number of rotatable bonds is 4. The predicted octanol–water partition coefficient (Wildman–Crippen LogP) is 5.52. The summed E-state index contributed by atoms with van der Waals surface area (Å²) in [5.74, 6) is 1.40. The van der Waals surface area contributed by atoms with E-state index < -0.39 is 0 Å². The van der Waals surface area contributed by atoms with Crippen molar-refractivity contribution >= 4 is 39.9 Å². The molecule has 0 amide bonds. The Hall–Kier alpha value is -1.53. The first-order chi connectivity index (χ1) is 10.6. The van der Waals surface area contributed by atoms with Crippen molar-refractivity contribution < 1.29 is 4.42 Å². The molecule has 1 heterocycles. The van der Waals surface area contributed by atoms with Crippen LogP contribution in [0.25, 0.3) is 11.3 Å². The molecule has 0 fully saturated rings. The van der Waals surface area contributed by atoms with E-state index in [0.717, 1.165) is 17.0 Å². The first-order valence-electron chi connectivity index (χ1n) is 6.83. The molecular formula is C17H14ClIN2O. The molecule has 22 heavy (non-hydrogen) atoms. The second-order valence-electron chi connectivity index (χ2n) is 4.89. The highest BCUT2D eigenvalue weighted by Gasteiger charge is 2.07. The summed E-state index contributed by atoms with van der Waals surface area (Å²) in [5, 5.41) is 4.07. The minimum atomic E-state index is 0.550. The number of halogens is 2. The molecular weight excluding hydrogens is 411 g/mol. The Morgan fingerprint density at radius 2 is 1.95 bits per heavy atom. The number of hydrogen-bond acceptors (Lipinski definition) is 3. The Morgan fingerprint density at radius 3 is 2.73 bits per heavy atom. The highest BCUT2D eigenvalue weighted by Crippen LogP contribution is 2.24. The van der Waals surface area contributed by atoms with E-state index in [9.17, 15) is 0 Å². The number of aromatic nitrogens is 1. The van der Waals surface area contributed by atoms with Gasteiger partial charge in [0.05, 0.1) is 12.7 Å². The van der Waals surface area contributed by atoms with Gasteiger partial charge in [-0.2, -0.15) is 0 Å². The van der Waals surface area contributed by atoms with Crippen LogP contribution in [0.15, 0.2) is 53.1 Å². The molecule has 1 N–H and O–H groups in total. The maximum atomic E-state index is 5.89. The zero-order valence-corrected chi connectivity index (χ0v) is 14.9. The van der Waals surface area contributed by atoms with Crippen molar-refractivity contribution in [2.75, 3.05) is 5.32 Å². The molecule has 0 spiro atoms. The number of oxazole rings is 1. The van der Waals surface area contributed by atoms with E-state index in [2.05, 4.69) is 51.9 Å². The van der Waals surface area contributed by atoms with Gasteiger partial charge in [0.15, 0.2) is 5.76 Å². The van der Waals surface area contributed by atoms with Gasteiger partial charge in [-0.15, -0.1) is 0 Å². The van der Waals surface area contributed by atoms with Gasteiger partial charge in [-0.25, -0.2) is 4.98 Å². The van der Waals surface area contributed by atoms with Crippen molar-refractivity contribution in [1.29, 1.82) is 0 Å². The Labute approximate surface area is 147 Å². The Kier molecular flexibility index (Phi) is 4.69. The molecule has 5 heteroatoms. The van der Waals surface area contributed by atoms with Crippen LogP contribution in [0, 0.1) is 10.5 Å². The summed E-state index contributed by atoms with van der Waals surface area (Å²) in [5.41, 5.74) is 3.29. The maximum absolute atomic E-state index is 5.89. The van der Waals surface area contributed by atoms with Gasteiger partial charge in [0.1, 0.15) is 0 Å². The number of benzene rings is 2. The van der Waals surface area contributed by atoms with Gasteiger partial charge in [-0.3, -0.25) is 0 Å². The fraction of sp³-hybridized carbons (Fsp3) is 0.118. The van der Waals surface area contributed by atoms with Crippen molar-refractivity contribution in [3.05, 3.63) is 68.7 Å². The standard InChI is InChI=1S/C17H14ClIN2O/c1-11-14(19)3-2-4-15(11)20-10-17-21-9-16(22-17)12-5-7-13(18)8-6-12/h2-9,20H,10H2,1H3. The summed E-state index contributed by atoms with van der Waals surface area (Å²) >= 11 is 8.22. The number of nitrogens with zero attached hydrogens (tertiary/aromatic N) is 1.